The van der Waals surface area contributed by atoms with Crippen molar-refractivity contribution in [2.45, 2.75) is 16.4 Å². The fraction of sp³-hybridized carbons (Fsp3) is 0.222. The molecule has 0 radical (unpaired) electrons. The standard InChI is InChI=1S/C18H10Cl2F5NO3/c19-17(20)13(7-1-3-12(22)10(5-7)18(23,24)25)14(17)15(27)26-8-2-4-11(21)9(6-8)16(28)29/h1-6,13-14H,(H,26,27)(H,28,29)/t13-,14+/m0/s1. The van der Waals surface area contributed by atoms with Crippen molar-refractivity contribution in [3.63, 3.8) is 0 Å². The quantitative estimate of drug-likeness (QED) is 0.493. The van der Waals surface area contributed by atoms with Crippen molar-refractivity contribution in [2.24, 2.45) is 5.92 Å². The molecular formula is C18H10Cl2F5NO3. The van der Waals surface area contributed by atoms with Gasteiger partial charge in [0, 0.05) is 11.6 Å². The number of aromatic carboxylic acids is 1. The summed E-state index contributed by atoms with van der Waals surface area (Å²) in [6.45, 7) is 0. The second kappa shape index (κ2) is 7.14. The molecule has 0 heterocycles. The molecule has 11 heteroatoms. The minimum atomic E-state index is -4.95. The molecule has 2 aromatic rings. The third kappa shape index (κ3) is 4.02. The van der Waals surface area contributed by atoms with Gasteiger partial charge in [-0.1, -0.05) is 6.07 Å². The van der Waals surface area contributed by atoms with Crippen molar-refractivity contribution in [3.8, 4) is 0 Å². The molecule has 1 amide bonds. The van der Waals surface area contributed by atoms with Crippen LogP contribution in [0.3, 0.4) is 0 Å². The molecule has 4 nitrogen and oxygen atoms in total. The number of carbonyl (C=O) groups excluding carboxylic acids is 1. The summed E-state index contributed by atoms with van der Waals surface area (Å²) in [5.74, 6) is -7.14. The monoisotopic (exact) mass is 453 g/mol. The van der Waals surface area contributed by atoms with Crippen LogP contribution in [-0.2, 0) is 11.0 Å². The van der Waals surface area contributed by atoms with E-state index in [4.69, 9.17) is 28.3 Å². The summed E-state index contributed by atoms with van der Waals surface area (Å²) < 4.78 is 63.9. The molecule has 0 aromatic heterocycles. The molecule has 0 bridgehead atoms. The van der Waals surface area contributed by atoms with Crippen molar-refractivity contribution < 1.29 is 36.6 Å². The van der Waals surface area contributed by atoms with Gasteiger partial charge in [-0.05, 0) is 35.9 Å². The van der Waals surface area contributed by atoms with Crippen LogP contribution in [0, 0.1) is 17.6 Å². The van der Waals surface area contributed by atoms with E-state index in [1.54, 1.807) is 0 Å². The molecule has 0 spiro atoms. The molecule has 1 saturated carbocycles. The zero-order valence-electron chi connectivity index (χ0n) is 14.0. The van der Waals surface area contributed by atoms with Gasteiger partial charge in [0.2, 0.25) is 5.91 Å². The zero-order valence-corrected chi connectivity index (χ0v) is 15.5. The molecule has 154 valence electrons. The highest BCUT2D eigenvalue weighted by Gasteiger charge is 2.67. The fourth-order valence-electron chi connectivity index (χ4n) is 3.01. The number of hydrogen-bond donors (Lipinski definition) is 2. The van der Waals surface area contributed by atoms with E-state index in [9.17, 15) is 31.5 Å². The summed E-state index contributed by atoms with van der Waals surface area (Å²) in [4.78, 5) is 23.4. The summed E-state index contributed by atoms with van der Waals surface area (Å²) in [6.07, 6.45) is -4.95. The Morgan fingerprint density at radius 1 is 1.03 bits per heavy atom. The van der Waals surface area contributed by atoms with Gasteiger partial charge in [-0.3, -0.25) is 4.79 Å². The molecule has 2 aromatic carbocycles. The average Bonchev–Trinajstić information content (AvgIpc) is 3.18. The van der Waals surface area contributed by atoms with Gasteiger partial charge >= 0.3 is 12.1 Å². The summed E-state index contributed by atoms with van der Waals surface area (Å²) >= 11 is 12.1. The average molecular weight is 454 g/mol. The summed E-state index contributed by atoms with van der Waals surface area (Å²) in [5, 5.41) is 11.2. The minimum Gasteiger partial charge on any atom is -0.478 e. The molecule has 2 N–H and O–H groups in total. The van der Waals surface area contributed by atoms with E-state index >= 15 is 0 Å². The minimum absolute atomic E-state index is 0.0707. The lowest BCUT2D eigenvalue weighted by atomic mass is 10.0. The molecule has 29 heavy (non-hydrogen) atoms. The largest absolute Gasteiger partial charge is 0.478 e. The van der Waals surface area contributed by atoms with Crippen LogP contribution in [0.25, 0.3) is 0 Å². The molecule has 3 rings (SSSR count). The normalized spacial score (nSPS) is 20.2. The molecular weight excluding hydrogens is 444 g/mol. The Labute approximate surface area is 170 Å². The van der Waals surface area contributed by atoms with E-state index in [2.05, 4.69) is 5.32 Å². The lowest BCUT2D eigenvalue weighted by Gasteiger charge is -2.10. The van der Waals surface area contributed by atoms with Crippen molar-refractivity contribution in [2.75, 3.05) is 5.32 Å². The second-order valence-electron chi connectivity index (χ2n) is 6.36. The van der Waals surface area contributed by atoms with Crippen LogP contribution < -0.4 is 5.32 Å². The van der Waals surface area contributed by atoms with E-state index < -0.39 is 57.0 Å². The lowest BCUT2D eigenvalue weighted by molar-refractivity contribution is -0.140. The van der Waals surface area contributed by atoms with E-state index in [0.29, 0.717) is 12.1 Å². The number of carboxylic acid groups (broad SMARTS) is 1. The maximum absolute atomic E-state index is 13.5. The van der Waals surface area contributed by atoms with E-state index in [0.717, 1.165) is 24.3 Å². The number of hydrogen-bond acceptors (Lipinski definition) is 2. The maximum Gasteiger partial charge on any atom is 0.419 e. The first-order valence-corrected chi connectivity index (χ1v) is 8.67. The van der Waals surface area contributed by atoms with Crippen LogP contribution in [0.4, 0.5) is 27.6 Å². The smallest absolute Gasteiger partial charge is 0.419 e. The number of carbonyl (C=O) groups is 2. The van der Waals surface area contributed by atoms with Crippen LogP contribution in [0.5, 0.6) is 0 Å². The third-order valence-electron chi connectivity index (χ3n) is 4.46. The third-order valence-corrected chi connectivity index (χ3v) is 5.40. The molecule has 0 aliphatic heterocycles. The Morgan fingerprint density at radius 3 is 2.24 bits per heavy atom. The summed E-state index contributed by atoms with van der Waals surface area (Å²) in [5.41, 5.74) is -2.37. The van der Waals surface area contributed by atoms with Gasteiger partial charge < -0.3 is 10.4 Å². The Balaban J connectivity index is 1.85. The maximum atomic E-state index is 13.5. The van der Waals surface area contributed by atoms with Crippen LogP contribution in [0.1, 0.15) is 27.4 Å². The van der Waals surface area contributed by atoms with Crippen molar-refractivity contribution in [1.29, 1.82) is 0 Å². The number of carboxylic acids is 1. The van der Waals surface area contributed by atoms with Gasteiger partial charge in [0.1, 0.15) is 16.0 Å². The summed E-state index contributed by atoms with van der Waals surface area (Å²) in [7, 11) is 0. The van der Waals surface area contributed by atoms with Gasteiger partial charge in [0.25, 0.3) is 0 Å². The SMILES string of the molecule is O=C(O)c1cc(NC(=O)[C@H]2[C@H](c3ccc(F)c(C(F)(F)F)c3)C2(Cl)Cl)ccc1F. The van der Waals surface area contributed by atoms with Gasteiger partial charge in [-0.25, -0.2) is 13.6 Å². The van der Waals surface area contributed by atoms with Crippen LogP contribution in [0.2, 0.25) is 0 Å². The van der Waals surface area contributed by atoms with Gasteiger partial charge in [0.15, 0.2) is 0 Å². The van der Waals surface area contributed by atoms with Crippen molar-refractivity contribution in [3.05, 3.63) is 64.7 Å². The Bertz CT molecular complexity index is 1010. The number of benzene rings is 2. The van der Waals surface area contributed by atoms with Gasteiger partial charge in [0.05, 0.1) is 17.0 Å². The first kappa shape index (κ1) is 21.3. The lowest BCUT2D eigenvalue weighted by Crippen LogP contribution is -2.17. The Kier molecular flexibility index (Phi) is 5.25. The summed E-state index contributed by atoms with van der Waals surface area (Å²) in [6, 6.07) is 4.98. The molecule has 1 fully saturated rings. The first-order chi connectivity index (χ1) is 13.3. The predicted molar refractivity (Wildman–Crippen MR) is 94.1 cm³/mol. The molecule has 1 aliphatic carbocycles. The van der Waals surface area contributed by atoms with Gasteiger partial charge in [-0.15, -0.1) is 23.2 Å². The number of nitrogens with one attached hydrogen (secondary N) is 1. The number of amides is 1. The molecule has 1 aliphatic rings. The van der Waals surface area contributed by atoms with Crippen LogP contribution >= 0.6 is 23.2 Å². The van der Waals surface area contributed by atoms with E-state index in [-0.39, 0.29) is 11.3 Å². The molecule has 0 saturated heterocycles. The highest BCUT2D eigenvalue weighted by atomic mass is 35.5. The molecule has 2 atom stereocenters. The Hall–Kier alpha value is -2.39. The highest BCUT2D eigenvalue weighted by Crippen LogP contribution is 2.65. The van der Waals surface area contributed by atoms with Crippen molar-refractivity contribution >= 4 is 40.8 Å². The fourth-order valence-corrected chi connectivity index (χ4v) is 3.84. The topological polar surface area (TPSA) is 66.4 Å². The number of rotatable bonds is 4. The van der Waals surface area contributed by atoms with Gasteiger partial charge in [-0.2, -0.15) is 13.2 Å². The highest BCUT2D eigenvalue weighted by molar-refractivity contribution is 6.53. The van der Waals surface area contributed by atoms with E-state index in [1.165, 1.54) is 0 Å². The zero-order chi connectivity index (χ0) is 21.7. The van der Waals surface area contributed by atoms with E-state index in [1.807, 2.05) is 0 Å². The van der Waals surface area contributed by atoms with Crippen molar-refractivity contribution in [1.82, 2.24) is 0 Å². The first-order valence-electron chi connectivity index (χ1n) is 7.92. The predicted octanol–water partition coefficient (Wildman–Crippen LogP) is 5.21. The Morgan fingerprint density at radius 2 is 1.66 bits per heavy atom. The number of anilines is 1. The molecule has 0 unspecified atom stereocenters. The van der Waals surface area contributed by atoms with Crippen LogP contribution in [0.15, 0.2) is 36.4 Å². The number of alkyl halides is 5. The number of halogens is 7. The second-order valence-corrected chi connectivity index (χ2v) is 7.80. The van der Waals surface area contributed by atoms with Crippen LogP contribution in [-0.4, -0.2) is 21.3 Å².